The van der Waals surface area contributed by atoms with E-state index in [1.165, 1.54) is 12.8 Å². The highest BCUT2D eigenvalue weighted by Crippen LogP contribution is 2.33. The monoisotopic (exact) mass is 316 g/mol. The summed E-state index contributed by atoms with van der Waals surface area (Å²) in [4.78, 5) is 25.3. The molecule has 2 saturated heterocycles. The van der Waals surface area contributed by atoms with Crippen molar-refractivity contribution in [3.63, 3.8) is 0 Å². The predicted molar refractivity (Wildman–Crippen MR) is 85.0 cm³/mol. The third-order valence-electron chi connectivity index (χ3n) is 5.18. The number of carbonyl (C=O) groups excluding carboxylic acids is 1. The van der Waals surface area contributed by atoms with Gasteiger partial charge in [0.25, 0.3) is 0 Å². The average molecular weight is 316 g/mol. The summed E-state index contributed by atoms with van der Waals surface area (Å²) in [6, 6.07) is 2.88. The highest BCUT2D eigenvalue weighted by Gasteiger charge is 2.43. The lowest BCUT2D eigenvalue weighted by Gasteiger charge is -2.35. The van der Waals surface area contributed by atoms with Crippen LogP contribution in [0.15, 0.2) is 18.5 Å². The third-order valence-corrected chi connectivity index (χ3v) is 5.18. The van der Waals surface area contributed by atoms with Crippen LogP contribution < -0.4 is 4.74 Å². The molecule has 0 bridgehead atoms. The predicted octanol–water partition coefficient (Wildman–Crippen LogP) is 1.33. The zero-order chi connectivity index (χ0) is 15.6. The molecule has 23 heavy (non-hydrogen) atoms. The molecule has 6 nitrogen and oxygen atoms in total. The number of piperidine rings is 1. The van der Waals surface area contributed by atoms with Crippen molar-refractivity contribution in [3.8, 4) is 6.01 Å². The van der Waals surface area contributed by atoms with Gasteiger partial charge in [-0.2, -0.15) is 0 Å². The Morgan fingerprint density at radius 1 is 1.13 bits per heavy atom. The molecule has 1 aromatic rings. The zero-order valence-electron chi connectivity index (χ0n) is 13.4. The molecule has 1 aromatic heterocycles. The van der Waals surface area contributed by atoms with E-state index in [1.807, 2.05) is 0 Å². The van der Waals surface area contributed by atoms with Crippen LogP contribution in [0.5, 0.6) is 6.01 Å². The van der Waals surface area contributed by atoms with Crippen molar-refractivity contribution in [1.29, 1.82) is 0 Å². The van der Waals surface area contributed by atoms with E-state index in [0.29, 0.717) is 30.5 Å². The molecule has 1 amide bonds. The van der Waals surface area contributed by atoms with E-state index in [1.54, 1.807) is 18.5 Å². The maximum atomic E-state index is 12.6. The molecule has 1 aliphatic carbocycles. The van der Waals surface area contributed by atoms with Crippen LogP contribution in [0.3, 0.4) is 0 Å². The molecular formula is C17H24N4O2. The molecule has 1 saturated carbocycles. The van der Waals surface area contributed by atoms with E-state index in [4.69, 9.17) is 4.74 Å². The molecular weight excluding hydrogens is 292 g/mol. The summed E-state index contributed by atoms with van der Waals surface area (Å²) in [7, 11) is 0. The summed E-state index contributed by atoms with van der Waals surface area (Å²) < 4.78 is 5.71. The fourth-order valence-electron chi connectivity index (χ4n) is 3.84. The molecule has 6 heteroatoms. The summed E-state index contributed by atoms with van der Waals surface area (Å²) in [5.41, 5.74) is 0. The molecule has 3 heterocycles. The van der Waals surface area contributed by atoms with E-state index >= 15 is 0 Å². The number of aromatic nitrogens is 2. The van der Waals surface area contributed by atoms with E-state index in [9.17, 15) is 4.79 Å². The Labute approximate surface area is 136 Å². The lowest BCUT2D eigenvalue weighted by Crippen LogP contribution is -2.48. The number of rotatable bonds is 5. The quantitative estimate of drug-likeness (QED) is 0.820. The molecule has 3 fully saturated rings. The molecule has 0 aromatic carbocycles. The molecule has 4 rings (SSSR count). The summed E-state index contributed by atoms with van der Waals surface area (Å²) in [6.45, 7) is 3.56. The van der Waals surface area contributed by atoms with Crippen LogP contribution in [0.2, 0.25) is 0 Å². The van der Waals surface area contributed by atoms with Crippen LogP contribution in [0.1, 0.15) is 32.1 Å². The first-order valence-corrected chi connectivity index (χ1v) is 8.75. The smallest absolute Gasteiger partial charge is 0.316 e. The second kappa shape index (κ2) is 6.43. The molecule has 2 aliphatic heterocycles. The van der Waals surface area contributed by atoms with Crippen molar-refractivity contribution < 1.29 is 9.53 Å². The first kappa shape index (κ1) is 14.9. The fraction of sp³-hybridized carbons (Fsp3) is 0.706. The molecule has 0 N–H and O–H groups in total. The van der Waals surface area contributed by atoms with Crippen molar-refractivity contribution in [1.82, 2.24) is 19.8 Å². The molecule has 124 valence electrons. The Morgan fingerprint density at radius 2 is 1.96 bits per heavy atom. The van der Waals surface area contributed by atoms with Crippen molar-refractivity contribution >= 4 is 5.91 Å². The van der Waals surface area contributed by atoms with Gasteiger partial charge in [-0.1, -0.05) is 0 Å². The maximum Gasteiger partial charge on any atom is 0.316 e. The number of hydrogen-bond donors (Lipinski definition) is 0. The van der Waals surface area contributed by atoms with Crippen molar-refractivity contribution in [3.05, 3.63) is 18.5 Å². The van der Waals surface area contributed by atoms with Gasteiger partial charge in [-0.05, 0) is 44.7 Å². The first-order chi connectivity index (χ1) is 11.3. The van der Waals surface area contributed by atoms with Crippen molar-refractivity contribution in [2.24, 2.45) is 5.92 Å². The van der Waals surface area contributed by atoms with Gasteiger partial charge in [0.15, 0.2) is 0 Å². The van der Waals surface area contributed by atoms with Gasteiger partial charge in [-0.3, -0.25) is 9.69 Å². The Hall–Kier alpha value is -1.69. The van der Waals surface area contributed by atoms with E-state index in [-0.39, 0.29) is 6.04 Å². The Bertz CT molecular complexity index is 549. The molecule has 2 unspecified atom stereocenters. The fourth-order valence-corrected chi connectivity index (χ4v) is 3.84. The number of likely N-dealkylation sites (tertiary alicyclic amines) is 2. The number of ether oxygens (including phenoxy) is 1. The van der Waals surface area contributed by atoms with Gasteiger partial charge in [0.1, 0.15) is 0 Å². The van der Waals surface area contributed by atoms with Crippen LogP contribution in [-0.4, -0.2) is 64.0 Å². The number of nitrogens with zero attached hydrogens (tertiary/aromatic N) is 4. The van der Waals surface area contributed by atoms with Gasteiger partial charge < -0.3 is 9.64 Å². The first-order valence-electron chi connectivity index (χ1n) is 8.75. The minimum atomic E-state index is 0.103. The molecule has 3 aliphatic rings. The van der Waals surface area contributed by atoms with Gasteiger partial charge in [0.2, 0.25) is 5.91 Å². The van der Waals surface area contributed by atoms with E-state index in [2.05, 4.69) is 19.8 Å². The summed E-state index contributed by atoms with van der Waals surface area (Å²) in [5, 5.41) is 0. The van der Waals surface area contributed by atoms with Gasteiger partial charge in [0.05, 0.1) is 12.6 Å². The van der Waals surface area contributed by atoms with Crippen LogP contribution >= 0.6 is 0 Å². The van der Waals surface area contributed by atoms with Gasteiger partial charge >= 0.3 is 6.01 Å². The number of hydrogen-bond acceptors (Lipinski definition) is 5. The van der Waals surface area contributed by atoms with E-state index in [0.717, 1.165) is 38.9 Å². The number of amides is 1. The van der Waals surface area contributed by atoms with Crippen LogP contribution in [0, 0.1) is 5.92 Å². The standard InChI is InChI=1S/C17H24N4O2/c22-16-15(6-10-21(16)14-4-5-14)20-9-1-3-13(11-20)12-23-17-18-7-2-8-19-17/h2,7-8,13-15H,1,3-6,9-12H2. The summed E-state index contributed by atoms with van der Waals surface area (Å²) >= 11 is 0. The second-order valence-corrected chi connectivity index (χ2v) is 6.91. The molecule has 0 spiro atoms. The average Bonchev–Trinajstić information content (AvgIpc) is 3.36. The lowest BCUT2D eigenvalue weighted by molar-refractivity contribution is -0.133. The highest BCUT2D eigenvalue weighted by atomic mass is 16.5. The van der Waals surface area contributed by atoms with Crippen LogP contribution in [0.25, 0.3) is 0 Å². The largest absolute Gasteiger partial charge is 0.463 e. The topological polar surface area (TPSA) is 58.6 Å². The van der Waals surface area contributed by atoms with Crippen molar-refractivity contribution in [2.45, 2.75) is 44.2 Å². The minimum absolute atomic E-state index is 0.103. The van der Waals surface area contributed by atoms with Crippen LogP contribution in [-0.2, 0) is 4.79 Å². The summed E-state index contributed by atoms with van der Waals surface area (Å²) in [5.74, 6) is 0.816. The highest BCUT2D eigenvalue weighted by molar-refractivity contribution is 5.84. The van der Waals surface area contributed by atoms with Gasteiger partial charge in [-0.15, -0.1) is 0 Å². The zero-order valence-corrected chi connectivity index (χ0v) is 13.4. The second-order valence-electron chi connectivity index (χ2n) is 6.91. The lowest BCUT2D eigenvalue weighted by atomic mass is 9.97. The maximum absolute atomic E-state index is 12.6. The van der Waals surface area contributed by atoms with E-state index < -0.39 is 0 Å². The Kier molecular flexibility index (Phi) is 4.16. The normalized spacial score (nSPS) is 29.0. The Morgan fingerprint density at radius 3 is 2.74 bits per heavy atom. The van der Waals surface area contributed by atoms with Crippen LogP contribution in [0.4, 0.5) is 0 Å². The molecule has 0 radical (unpaired) electrons. The SMILES string of the molecule is O=C1C(N2CCCC(COc3ncccn3)C2)CCN1C1CC1. The summed E-state index contributed by atoms with van der Waals surface area (Å²) in [6.07, 6.45) is 9.06. The van der Waals surface area contributed by atoms with Gasteiger partial charge in [0, 0.05) is 37.4 Å². The van der Waals surface area contributed by atoms with Gasteiger partial charge in [-0.25, -0.2) is 9.97 Å². The minimum Gasteiger partial charge on any atom is -0.463 e. The Balaban J connectivity index is 1.31. The molecule has 2 atom stereocenters. The third kappa shape index (κ3) is 3.32. The van der Waals surface area contributed by atoms with Crippen molar-refractivity contribution in [2.75, 3.05) is 26.2 Å². The number of carbonyl (C=O) groups is 1.